The topological polar surface area (TPSA) is 59.5 Å². The summed E-state index contributed by atoms with van der Waals surface area (Å²) < 4.78 is 5.55. The molecule has 2 rings (SSSR count). The monoisotopic (exact) mass is 206 g/mol. The molecule has 1 aromatic rings. The van der Waals surface area contributed by atoms with E-state index in [9.17, 15) is 4.79 Å². The Bertz CT molecular complexity index is 376. The Kier molecular flexibility index (Phi) is 2.76. The number of rotatable bonds is 3. The second-order valence-electron chi connectivity index (χ2n) is 3.61. The zero-order chi connectivity index (χ0) is 10.7. The van der Waals surface area contributed by atoms with Crippen LogP contribution in [0.3, 0.4) is 0 Å². The zero-order valence-corrected chi connectivity index (χ0v) is 8.48. The predicted octanol–water partition coefficient (Wildman–Crippen LogP) is 1.38. The van der Waals surface area contributed by atoms with E-state index >= 15 is 0 Å². The van der Waals surface area contributed by atoms with Gasteiger partial charge < -0.3 is 15.1 Å². The number of carbonyl (C=O) groups is 1. The van der Waals surface area contributed by atoms with Crippen LogP contribution in [0.25, 0.3) is 6.08 Å². The number of furan rings is 1. The summed E-state index contributed by atoms with van der Waals surface area (Å²) in [7, 11) is 0. The van der Waals surface area contributed by atoms with E-state index in [0.717, 1.165) is 19.0 Å². The molecule has 1 aromatic heterocycles. The van der Waals surface area contributed by atoms with Gasteiger partial charge in [-0.2, -0.15) is 0 Å². The minimum atomic E-state index is -0.464. The van der Waals surface area contributed by atoms with Gasteiger partial charge in [-0.15, -0.1) is 0 Å². The number of carbonyl (C=O) groups excluding carboxylic acids is 1. The molecule has 0 radical (unpaired) electrons. The van der Waals surface area contributed by atoms with Crippen LogP contribution in [-0.2, 0) is 4.79 Å². The summed E-state index contributed by atoms with van der Waals surface area (Å²) in [5.74, 6) is 1.07. The molecule has 2 heterocycles. The van der Waals surface area contributed by atoms with Crippen LogP contribution in [0.4, 0.5) is 5.88 Å². The van der Waals surface area contributed by atoms with Crippen LogP contribution in [0, 0.1) is 0 Å². The molecule has 0 aromatic carbocycles. The minimum Gasteiger partial charge on any atom is -0.441 e. The number of nitrogens with two attached hydrogens (primary N) is 1. The van der Waals surface area contributed by atoms with Crippen molar-refractivity contribution >= 4 is 17.9 Å². The maximum Gasteiger partial charge on any atom is 0.241 e. The van der Waals surface area contributed by atoms with Gasteiger partial charge in [0.1, 0.15) is 5.76 Å². The van der Waals surface area contributed by atoms with Crippen molar-refractivity contribution < 1.29 is 9.21 Å². The average Bonchev–Trinajstić information content (AvgIpc) is 2.85. The number of primary amides is 1. The van der Waals surface area contributed by atoms with Crippen molar-refractivity contribution in [2.24, 2.45) is 5.73 Å². The van der Waals surface area contributed by atoms with Crippen molar-refractivity contribution in [3.8, 4) is 0 Å². The third-order valence-corrected chi connectivity index (χ3v) is 2.44. The third kappa shape index (κ3) is 2.40. The fraction of sp³-hybridized carbons (Fsp3) is 0.364. The largest absolute Gasteiger partial charge is 0.441 e. The molecule has 0 saturated carbocycles. The third-order valence-electron chi connectivity index (χ3n) is 2.44. The quantitative estimate of drug-likeness (QED) is 0.760. The molecule has 1 amide bonds. The Morgan fingerprint density at radius 2 is 2.13 bits per heavy atom. The molecule has 0 unspecified atom stereocenters. The van der Waals surface area contributed by atoms with Crippen LogP contribution in [0.5, 0.6) is 0 Å². The van der Waals surface area contributed by atoms with E-state index in [0.29, 0.717) is 5.76 Å². The molecule has 2 N–H and O–H groups in total. The van der Waals surface area contributed by atoms with E-state index in [1.54, 1.807) is 6.08 Å². The normalized spacial score (nSPS) is 16.4. The lowest BCUT2D eigenvalue weighted by molar-refractivity contribution is -0.113. The van der Waals surface area contributed by atoms with Crippen molar-refractivity contribution in [3.63, 3.8) is 0 Å². The van der Waals surface area contributed by atoms with E-state index < -0.39 is 5.91 Å². The van der Waals surface area contributed by atoms with Gasteiger partial charge in [0.15, 0.2) is 5.88 Å². The molecular formula is C11H14N2O2. The SMILES string of the molecule is NC(=O)/C=C\c1ccc(N2CCCC2)o1. The maximum atomic E-state index is 10.5. The molecular weight excluding hydrogens is 192 g/mol. The number of hydrogen-bond acceptors (Lipinski definition) is 3. The standard InChI is InChI=1S/C11H14N2O2/c12-10(14)5-3-9-4-6-11(15-9)13-7-1-2-8-13/h3-6H,1-2,7-8H2,(H2,12,14)/b5-3-. The summed E-state index contributed by atoms with van der Waals surface area (Å²) >= 11 is 0. The van der Waals surface area contributed by atoms with E-state index in [2.05, 4.69) is 4.90 Å². The molecule has 4 heteroatoms. The molecule has 1 aliphatic heterocycles. The van der Waals surface area contributed by atoms with Gasteiger partial charge >= 0.3 is 0 Å². The maximum absolute atomic E-state index is 10.5. The Hall–Kier alpha value is -1.71. The van der Waals surface area contributed by atoms with Crippen LogP contribution in [-0.4, -0.2) is 19.0 Å². The van der Waals surface area contributed by atoms with Crippen LogP contribution in [0.2, 0.25) is 0 Å². The second kappa shape index (κ2) is 4.21. The van der Waals surface area contributed by atoms with E-state index in [-0.39, 0.29) is 0 Å². The first-order chi connectivity index (χ1) is 7.25. The second-order valence-corrected chi connectivity index (χ2v) is 3.61. The van der Waals surface area contributed by atoms with Crippen LogP contribution in [0.15, 0.2) is 22.6 Å². The highest BCUT2D eigenvalue weighted by Crippen LogP contribution is 2.23. The van der Waals surface area contributed by atoms with Crippen LogP contribution >= 0.6 is 0 Å². The summed E-state index contributed by atoms with van der Waals surface area (Å²) in [5.41, 5.74) is 4.99. The lowest BCUT2D eigenvalue weighted by Gasteiger charge is -2.12. The number of anilines is 1. The highest BCUT2D eigenvalue weighted by molar-refractivity contribution is 5.89. The zero-order valence-electron chi connectivity index (χ0n) is 8.48. The predicted molar refractivity (Wildman–Crippen MR) is 58.4 cm³/mol. The van der Waals surface area contributed by atoms with Gasteiger partial charge in [-0.05, 0) is 25.0 Å². The first-order valence-corrected chi connectivity index (χ1v) is 5.08. The Morgan fingerprint density at radius 1 is 1.40 bits per heavy atom. The van der Waals surface area contributed by atoms with Crippen LogP contribution < -0.4 is 10.6 Å². The molecule has 0 atom stereocenters. The first kappa shape index (κ1) is 9.83. The van der Waals surface area contributed by atoms with Crippen molar-refractivity contribution in [1.29, 1.82) is 0 Å². The highest BCUT2D eigenvalue weighted by Gasteiger charge is 2.14. The molecule has 80 valence electrons. The summed E-state index contributed by atoms with van der Waals surface area (Å²) in [4.78, 5) is 12.7. The van der Waals surface area contributed by atoms with Gasteiger partial charge in [-0.25, -0.2) is 0 Å². The van der Waals surface area contributed by atoms with Crippen molar-refractivity contribution in [2.75, 3.05) is 18.0 Å². The number of nitrogens with zero attached hydrogens (tertiary/aromatic N) is 1. The van der Waals surface area contributed by atoms with Crippen molar-refractivity contribution in [3.05, 3.63) is 24.0 Å². The smallest absolute Gasteiger partial charge is 0.241 e. The molecule has 15 heavy (non-hydrogen) atoms. The molecule has 1 fully saturated rings. The minimum absolute atomic E-state index is 0.464. The van der Waals surface area contributed by atoms with Gasteiger partial charge in [0, 0.05) is 25.2 Å². The lowest BCUT2D eigenvalue weighted by Crippen LogP contribution is -2.16. The van der Waals surface area contributed by atoms with Gasteiger partial charge in [0.2, 0.25) is 5.91 Å². The Balaban J connectivity index is 2.06. The summed E-state index contributed by atoms with van der Waals surface area (Å²) in [6.45, 7) is 2.10. The highest BCUT2D eigenvalue weighted by atomic mass is 16.4. The first-order valence-electron chi connectivity index (χ1n) is 5.08. The van der Waals surface area contributed by atoms with E-state index in [1.807, 2.05) is 12.1 Å². The summed E-state index contributed by atoms with van der Waals surface area (Å²) in [6, 6.07) is 3.76. The number of amides is 1. The van der Waals surface area contributed by atoms with Gasteiger partial charge in [0.25, 0.3) is 0 Å². The fourth-order valence-electron chi connectivity index (χ4n) is 1.70. The Labute approximate surface area is 88.3 Å². The average molecular weight is 206 g/mol. The molecule has 1 aliphatic rings. The molecule has 0 aliphatic carbocycles. The van der Waals surface area contributed by atoms with Crippen LogP contribution in [0.1, 0.15) is 18.6 Å². The van der Waals surface area contributed by atoms with Crippen molar-refractivity contribution in [1.82, 2.24) is 0 Å². The summed E-state index contributed by atoms with van der Waals surface area (Å²) in [5, 5.41) is 0. The molecule has 0 bridgehead atoms. The molecule has 0 spiro atoms. The van der Waals surface area contributed by atoms with Gasteiger partial charge in [-0.1, -0.05) is 0 Å². The van der Waals surface area contributed by atoms with Crippen molar-refractivity contribution in [2.45, 2.75) is 12.8 Å². The molecule has 4 nitrogen and oxygen atoms in total. The fourth-order valence-corrected chi connectivity index (χ4v) is 1.70. The number of hydrogen-bond donors (Lipinski definition) is 1. The lowest BCUT2D eigenvalue weighted by atomic mass is 10.4. The molecule has 1 saturated heterocycles. The van der Waals surface area contributed by atoms with E-state index in [4.69, 9.17) is 10.2 Å². The Morgan fingerprint density at radius 3 is 2.80 bits per heavy atom. The van der Waals surface area contributed by atoms with Gasteiger partial charge in [-0.3, -0.25) is 4.79 Å². The summed E-state index contributed by atoms with van der Waals surface area (Å²) in [6.07, 6.45) is 5.31. The van der Waals surface area contributed by atoms with E-state index in [1.165, 1.54) is 18.9 Å². The van der Waals surface area contributed by atoms with Gasteiger partial charge in [0.05, 0.1) is 0 Å².